The van der Waals surface area contributed by atoms with E-state index < -0.39 is 4.92 Å². The van der Waals surface area contributed by atoms with Crippen LogP contribution in [-0.2, 0) is 4.74 Å². The van der Waals surface area contributed by atoms with Gasteiger partial charge in [0.05, 0.1) is 17.1 Å². The molecule has 1 aromatic rings. The molecule has 0 amide bonds. The van der Waals surface area contributed by atoms with Gasteiger partial charge in [0.15, 0.2) is 0 Å². The van der Waals surface area contributed by atoms with E-state index in [0.717, 1.165) is 18.8 Å². The minimum Gasteiger partial charge on any atom is -0.378 e. The fourth-order valence-corrected chi connectivity index (χ4v) is 1.97. The predicted octanol–water partition coefficient (Wildman–Crippen LogP) is 0.993. The summed E-state index contributed by atoms with van der Waals surface area (Å²) in [4.78, 5) is 10.3. The Morgan fingerprint density at radius 2 is 2.35 bits per heavy atom. The fourth-order valence-electron chi connectivity index (χ4n) is 1.97. The Morgan fingerprint density at radius 1 is 1.53 bits per heavy atom. The lowest BCUT2D eigenvalue weighted by Crippen LogP contribution is -2.33. The van der Waals surface area contributed by atoms with E-state index in [4.69, 9.17) is 4.74 Å². The van der Waals surface area contributed by atoms with E-state index in [1.165, 1.54) is 12.1 Å². The maximum absolute atomic E-state index is 10.7. The van der Waals surface area contributed by atoms with Crippen molar-refractivity contribution in [2.45, 2.75) is 12.1 Å². The highest BCUT2D eigenvalue weighted by Gasteiger charge is 2.26. The van der Waals surface area contributed by atoms with E-state index in [9.17, 15) is 10.1 Å². The number of methoxy groups -OCH3 is 1. The van der Waals surface area contributed by atoms with Crippen LogP contribution in [0.25, 0.3) is 0 Å². The first-order valence-corrected chi connectivity index (χ1v) is 5.45. The van der Waals surface area contributed by atoms with Gasteiger partial charge in [0.2, 0.25) is 0 Å². The van der Waals surface area contributed by atoms with Crippen molar-refractivity contribution >= 4 is 11.4 Å². The average Bonchev–Trinajstić information content (AvgIpc) is 2.76. The summed E-state index contributed by atoms with van der Waals surface area (Å²) in [5.41, 5.74) is 0.838. The van der Waals surface area contributed by atoms with Gasteiger partial charge in [0.1, 0.15) is 0 Å². The molecular formula is C11H15N3O3. The number of nitro groups is 1. The van der Waals surface area contributed by atoms with Crippen molar-refractivity contribution in [3.8, 4) is 0 Å². The zero-order chi connectivity index (χ0) is 12.3. The Hall–Kier alpha value is -1.66. The van der Waals surface area contributed by atoms with Crippen LogP contribution in [0.4, 0.5) is 11.4 Å². The first-order valence-electron chi connectivity index (χ1n) is 5.45. The normalized spacial score (nSPS) is 23.6. The summed E-state index contributed by atoms with van der Waals surface area (Å²) >= 11 is 0. The molecular weight excluding hydrogens is 222 g/mol. The Bertz CT molecular complexity index is 411. The Morgan fingerprint density at radius 3 is 3.06 bits per heavy atom. The second-order valence-corrected chi connectivity index (χ2v) is 3.99. The monoisotopic (exact) mass is 237 g/mol. The summed E-state index contributed by atoms with van der Waals surface area (Å²) in [6.07, 6.45) is 0.0919. The van der Waals surface area contributed by atoms with Gasteiger partial charge in [0.25, 0.3) is 5.69 Å². The first kappa shape index (κ1) is 11.8. The second-order valence-electron chi connectivity index (χ2n) is 3.99. The quantitative estimate of drug-likeness (QED) is 0.603. The number of non-ortho nitro benzene ring substituents is 1. The van der Waals surface area contributed by atoms with Crippen LogP contribution in [0, 0.1) is 10.1 Å². The molecule has 1 aliphatic heterocycles. The van der Waals surface area contributed by atoms with E-state index in [1.54, 1.807) is 13.2 Å². The fraction of sp³-hybridized carbons (Fsp3) is 0.455. The molecule has 92 valence electrons. The molecule has 17 heavy (non-hydrogen) atoms. The minimum absolute atomic E-state index is 0.0919. The summed E-state index contributed by atoms with van der Waals surface area (Å²) in [6.45, 7) is 1.59. The highest BCUT2D eigenvalue weighted by Crippen LogP contribution is 2.19. The molecule has 2 atom stereocenters. The smallest absolute Gasteiger partial charge is 0.271 e. The number of nitrogens with one attached hydrogen (secondary N) is 2. The molecule has 6 nitrogen and oxygen atoms in total. The summed E-state index contributed by atoms with van der Waals surface area (Å²) in [5, 5.41) is 17.1. The van der Waals surface area contributed by atoms with Gasteiger partial charge < -0.3 is 15.4 Å². The maximum atomic E-state index is 10.7. The van der Waals surface area contributed by atoms with Crippen molar-refractivity contribution in [1.82, 2.24) is 5.32 Å². The third-order valence-electron chi connectivity index (χ3n) is 2.87. The number of hydrogen-bond donors (Lipinski definition) is 2. The average molecular weight is 237 g/mol. The SMILES string of the molecule is CO[C@H]1CNCC1Nc1cccc([N+](=O)[O-])c1. The first-order chi connectivity index (χ1) is 8.20. The highest BCUT2D eigenvalue weighted by atomic mass is 16.6. The van der Waals surface area contributed by atoms with E-state index in [2.05, 4.69) is 10.6 Å². The van der Waals surface area contributed by atoms with Crippen LogP contribution in [0.1, 0.15) is 0 Å². The predicted molar refractivity (Wildman–Crippen MR) is 64.2 cm³/mol. The standard InChI is InChI=1S/C11H15N3O3/c1-17-11-7-12-6-10(11)13-8-3-2-4-9(5-8)14(15)16/h2-5,10-13H,6-7H2,1H3/t10?,11-/m0/s1. The van der Waals surface area contributed by atoms with Gasteiger partial charge >= 0.3 is 0 Å². The molecule has 0 aromatic heterocycles. The molecule has 1 saturated heterocycles. The summed E-state index contributed by atoms with van der Waals surface area (Å²) < 4.78 is 5.31. The van der Waals surface area contributed by atoms with Crippen molar-refractivity contribution in [3.05, 3.63) is 34.4 Å². The molecule has 0 spiro atoms. The van der Waals surface area contributed by atoms with Gasteiger partial charge in [-0.15, -0.1) is 0 Å². The summed E-state index contributed by atoms with van der Waals surface area (Å²) in [7, 11) is 1.67. The number of anilines is 1. The lowest BCUT2D eigenvalue weighted by molar-refractivity contribution is -0.384. The number of nitrogens with zero attached hydrogens (tertiary/aromatic N) is 1. The van der Waals surface area contributed by atoms with Crippen LogP contribution in [0.5, 0.6) is 0 Å². The molecule has 0 radical (unpaired) electrons. The molecule has 1 aliphatic rings. The molecule has 1 heterocycles. The molecule has 0 bridgehead atoms. The molecule has 0 saturated carbocycles. The van der Waals surface area contributed by atoms with Gasteiger partial charge in [-0.05, 0) is 6.07 Å². The zero-order valence-electron chi connectivity index (χ0n) is 9.55. The van der Waals surface area contributed by atoms with Crippen LogP contribution in [-0.4, -0.2) is 37.3 Å². The lowest BCUT2D eigenvalue weighted by atomic mass is 10.2. The summed E-state index contributed by atoms with van der Waals surface area (Å²) in [5.74, 6) is 0. The van der Waals surface area contributed by atoms with Crippen LogP contribution in [0.3, 0.4) is 0 Å². The maximum Gasteiger partial charge on any atom is 0.271 e. The number of rotatable bonds is 4. The van der Waals surface area contributed by atoms with Crippen LogP contribution >= 0.6 is 0 Å². The van der Waals surface area contributed by atoms with E-state index >= 15 is 0 Å². The van der Waals surface area contributed by atoms with Crippen LogP contribution < -0.4 is 10.6 Å². The van der Waals surface area contributed by atoms with E-state index in [1.807, 2.05) is 6.07 Å². The Labute approximate surface area is 99.1 Å². The van der Waals surface area contributed by atoms with Crippen molar-refractivity contribution in [2.75, 3.05) is 25.5 Å². The van der Waals surface area contributed by atoms with Crippen molar-refractivity contribution < 1.29 is 9.66 Å². The van der Waals surface area contributed by atoms with Gasteiger partial charge in [-0.25, -0.2) is 0 Å². The van der Waals surface area contributed by atoms with Crippen molar-refractivity contribution in [1.29, 1.82) is 0 Å². The molecule has 6 heteroatoms. The van der Waals surface area contributed by atoms with E-state index in [0.29, 0.717) is 0 Å². The number of benzene rings is 1. The van der Waals surface area contributed by atoms with E-state index in [-0.39, 0.29) is 17.8 Å². The van der Waals surface area contributed by atoms with Crippen LogP contribution in [0.15, 0.2) is 24.3 Å². The van der Waals surface area contributed by atoms with Crippen LogP contribution in [0.2, 0.25) is 0 Å². The molecule has 1 unspecified atom stereocenters. The third kappa shape index (κ3) is 2.72. The topological polar surface area (TPSA) is 76.4 Å². The molecule has 1 fully saturated rings. The van der Waals surface area contributed by atoms with Gasteiger partial charge in [0, 0.05) is 38.0 Å². The largest absolute Gasteiger partial charge is 0.378 e. The summed E-state index contributed by atoms with van der Waals surface area (Å²) in [6, 6.07) is 6.64. The van der Waals surface area contributed by atoms with Crippen molar-refractivity contribution in [3.63, 3.8) is 0 Å². The zero-order valence-corrected chi connectivity index (χ0v) is 9.55. The molecule has 2 N–H and O–H groups in total. The third-order valence-corrected chi connectivity index (χ3v) is 2.87. The lowest BCUT2D eigenvalue weighted by Gasteiger charge is -2.19. The number of hydrogen-bond acceptors (Lipinski definition) is 5. The number of ether oxygens (including phenoxy) is 1. The minimum atomic E-state index is -0.397. The van der Waals surface area contributed by atoms with Gasteiger partial charge in [-0.3, -0.25) is 10.1 Å². The Balaban J connectivity index is 2.07. The van der Waals surface area contributed by atoms with Crippen molar-refractivity contribution in [2.24, 2.45) is 0 Å². The van der Waals surface area contributed by atoms with Gasteiger partial charge in [-0.2, -0.15) is 0 Å². The molecule has 2 rings (SSSR count). The Kier molecular flexibility index (Phi) is 3.55. The highest BCUT2D eigenvalue weighted by molar-refractivity contribution is 5.51. The van der Waals surface area contributed by atoms with Gasteiger partial charge in [-0.1, -0.05) is 6.07 Å². The molecule has 1 aromatic carbocycles. The number of nitro benzene ring substituents is 1. The second kappa shape index (κ2) is 5.11. The molecule has 0 aliphatic carbocycles.